The number of oxazole rings is 1. The SMILES string of the molecule is Cc1nc(C(C)(C)C)oc1CC(=O)Nc1c(Cl)cccc1Cl. The fourth-order valence-electron chi connectivity index (χ4n) is 1.86. The average molecular weight is 341 g/mol. The molecule has 22 heavy (non-hydrogen) atoms. The van der Waals surface area contributed by atoms with E-state index in [1.807, 2.05) is 27.7 Å². The molecule has 0 saturated carbocycles. The number of nitrogens with one attached hydrogen (secondary N) is 1. The van der Waals surface area contributed by atoms with Gasteiger partial charge >= 0.3 is 0 Å². The van der Waals surface area contributed by atoms with E-state index in [2.05, 4.69) is 10.3 Å². The maximum Gasteiger partial charge on any atom is 0.232 e. The molecule has 1 aromatic carbocycles. The first-order valence-corrected chi connectivity index (χ1v) is 7.64. The van der Waals surface area contributed by atoms with Gasteiger partial charge in [-0.2, -0.15) is 0 Å². The van der Waals surface area contributed by atoms with Gasteiger partial charge in [0.05, 0.1) is 27.8 Å². The van der Waals surface area contributed by atoms with Crippen molar-refractivity contribution in [2.75, 3.05) is 5.32 Å². The van der Waals surface area contributed by atoms with Gasteiger partial charge < -0.3 is 9.73 Å². The Morgan fingerprint density at radius 2 is 1.86 bits per heavy atom. The second kappa shape index (κ2) is 6.31. The molecule has 0 radical (unpaired) electrons. The second-order valence-corrected chi connectivity index (χ2v) is 6.91. The molecular weight excluding hydrogens is 323 g/mol. The van der Waals surface area contributed by atoms with E-state index >= 15 is 0 Å². The summed E-state index contributed by atoms with van der Waals surface area (Å²) in [6, 6.07) is 5.05. The first-order chi connectivity index (χ1) is 10.2. The zero-order valence-electron chi connectivity index (χ0n) is 13.0. The molecule has 1 amide bonds. The average Bonchev–Trinajstić information content (AvgIpc) is 2.76. The number of rotatable bonds is 3. The van der Waals surface area contributed by atoms with Crippen LogP contribution >= 0.6 is 23.2 Å². The molecule has 0 atom stereocenters. The Labute approximate surface area is 139 Å². The number of anilines is 1. The van der Waals surface area contributed by atoms with Crippen LogP contribution in [0.3, 0.4) is 0 Å². The number of para-hydroxylation sites is 1. The standard InChI is InChI=1S/C16H18Cl2N2O2/c1-9-12(22-15(19-9)16(2,3)4)8-13(21)20-14-10(17)6-5-7-11(14)18/h5-7H,8H2,1-4H3,(H,20,21). The van der Waals surface area contributed by atoms with E-state index in [1.54, 1.807) is 18.2 Å². The van der Waals surface area contributed by atoms with Crippen molar-refractivity contribution in [2.45, 2.75) is 39.5 Å². The van der Waals surface area contributed by atoms with Crippen molar-refractivity contribution in [3.63, 3.8) is 0 Å². The number of amides is 1. The molecule has 6 heteroatoms. The Morgan fingerprint density at radius 3 is 2.36 bits per heavy atom. The van der Waals surface area contributed by atoms with Crippen molar-refractivity contribution in [1.82, 2.24) is 4.98 Å². The predicted molar refractivity (Wildman–Crippen MR) is 88.7 cm³/mol. The third-order valence-corrected chi connectivity index (χ3v) is 3.71. The van der Waals surface area contributed by atoms with Crippen molar-refractivity contribution >= 4 is 34.8 Å². The second-order valence-electron chi connectivity index (χ2n) is 6.10. The first-order valence-electron chi connectivity index (χ1n) is 6.89. The number of aryl methyl sites for hydroxylation is 1. The van der Waals surface area contributed by atoms with E-state index in [0.29, 0.717) is 33.1 Å². The van der Waals surface area contributed by atoms with Crippen LogP contribution in [0.4, 0.5) is 5.69 Å². The highest BCUT2D eigenvalue weighted by Crippen LogP contribution is 2.30. The number of hydrogen-bond acceptors (Lipinski definition) is 3. The summed E-state index contributed by atoms with van der Waals surface area (Å²) in [5.74, 6) is 0.906. The molecule has 0 aliphatic rings. The van der Waals surface area contributed by atoms with E-state index in [0.717, 1.165) is 0 Å². The van der Waals surface area contributed by atoms with Crippen LogP contribution in [0, 0.1) is 6.92 Å². The van der Waals surface area contributed by atoms with Gasteiger partial charge in [0.2, 0.25) is 5.91 Å². The number of hydrogen-bond donors (Lipinski definition) is 1. The third-order valence-electron chi connectivity index (χ3n) is 3.08. The zero-order chi connectivity index (χ0) is 16.5. The van der Waals surface area contributed by atoms with Gasteiger partial charge in [-0.05, 0) is 19.1 Å². The fraction of sp³-hybridized carbons (Fsp3) is 0.375. The summed E-state index contributed by atoms with van der Waals surface area (Å²) in [5, 5.41) is 3.50. The predicted octanol–water partition coefficient (Wildman–Crippen LogP) is 4.77. The molecule has 0 saturated heterocycles. The van der Waals surface area contributed by atoms with Gasteiger partial charge in [0.1, 0.15) is 5.76 Å². The molecule has 0 fully saturated rings. The first kappa shape index (κ1) is 16.8. The van der Waals surface area contributed by atoms with E-state index in [4.69, 9.17) is 27.6 Å². The van der Waals surface area contributed by atoms with Crippen LogP contribution in [0.5, 0.6) is 0 Å². The van der Waals surface area contributed by atoms with Gasteiger partial charge in [0, 0.05) is 5.41 Å². The van der Waals surface area contributed by atoms with E-state index in [1.165, 1.54) is 0 Å². The fourth-order valence-corrected chi connectivity index (χ4v) is 2.35. The third kappa shape index (κ3) is 3.81. The monoisotopic (exact) mass is 340 g/mol. The maximum absolute atomic E-state index is 12.2. The molecule has 0 spiro atoms. The molecule has 0 aliphatic carbocycles. The highest BCUT2D eigenvalue weighted by Gasteiger charge is 2.23. The molecule has 1 heterocycles. The number of nitrogens with zero attached hydrogens (tertiary/aromatic N) is 1. The molecule has 0 bridgehead atoms. The van der Waals surface area contributed by atoms with Crippen LogP contribution in [0.25, 0.3) is 0 Å². The Balaban J connectivity index is 2.15. The van der Waals surface area contributed by atoms with Crippen LogP contribution < -0.4 is 5.32 Å². The quantitative estimate of drug-likeness (QED) is 0.875. The van der Waals surface area contributed by atoms with E-state index in [-0.39, 0.29) is 17.7 Å². The van der Waals surface area contributed by atoms with Crippen molar-refractivity contribution in [1.29, 1.82) is 0 Å². The van der Waals surface area contributed by atoms with Gasteiger partial charge in [0.15, 0.2) is 5.89 Å². The number of benzene rings is 1. The molecule has 0 aliphatic heterocycles. The van der Waals surface area contributed by atoms with Crippen LogP contribution in [0.2, 0.25) is 10.0 Å². The Bertz CT molecular complexity index is 682. The minimum absolute atomic E-state index is 0.0798. The highest BCUT2D eigenvalue weighted by atomic mass is 35.5. The lowest BCUT2D eigenvalue weighted by Gasteiger charge is -2.12. The van der Waals surface area contributed by atoms with Gasteiger partial charge in [-0.25, -0.2) is 4.98 Å². The number of carbonyl (C=O) groups excluding carboxylic acids is 1. The van der Waals surface area contributed by atoms with Gasteiger partial charge in [0.25, 0.3) is 0 Å². The van der Waals surface area contributed by atoms with Crippen LogP contribution in [0.15, 0.2) is 22.6 Å². The summed E-state index contributed by atoms with van der Waals surface area (Å²) >= 11 is 12.1. The van der Waals surface area contributed by atoms with Crippen LogP contribution in [0.1, 0.15) is 38.1 Å². The minimum Gasteiger partial charge on any atom is -0.444 e. The molecule has 1 aromatic heterocycles. The van der Waals surface area contributed by atoms with Crippen LogP contribution in [-0.4, -0.2) is 10.9 Å². The van der Waals surface area contributed by atoms with Crippen molar-refractivity contribution in [3.05, 3.63) is 45.6 Å². The minimum atomic E-state index is -0.255. The molecule has 2 rings (SSSR count). The Morgan fingerprint density at radius 1 is 1.27 bits per heavy atom. The van der Waals surface area contributed by atoms with Gasteiger partial charge in [-0.1, -0.05) is 50.0 Å². The van der Waals surface area contributed by atoms with Crippen molar-refractivity contribution < 1.29 is 9.21 Å². The van der Waals surface area contributed by atoms with E-state index < -0.39 is 0 Å². The smallest absolute Gasteiger partial charge is 0.232 e. The lowest BCUT2D eigenvalue weighted by atomic mass is 9.97. The molecule has 118 valence electrons. The normalized spacial score (nSPS) is 11.5. The Hall–Kier alpha value is -1.52. The van der Waals surface area contributed by atoms with Gasteiger partial charge in [-0.3, -0.25) is 4.79 Å². The van der Waals surface area contributed by atoms with Crippen LogP contribution in [-0.2, 0) is 16.6 Å². The number of aromatic nitrogens is 1. The zero-order valence-corrected chi connectivity index (χ0v) is 14.5. The van der Waals surface area contributed by atoms with Crippen molar-refractivity contribution in [2.24, 2.45) is 0 Å². The molecule has 4 nitrogen and oxygen atoms in total. The lowest BCUT2D eigenvalue weighted by Crippen LogP contribution is -2.15. The summed E-state index contributed by atoms with van der Waals surface area (Å²) in [4.78, 5) is 16.6. The lowest BCUT2D eigenvalue weighted by molar-refractivity contribution is -0.115. The topological polar surface area (TPSA) is 55.1 Å². The summed E-state index contributed by atoms with van der Waals surface area (Å²) in [6.07, 6.45) is 0.0798. The number of halogens is 2. The maximum atomic E-state index is 12.2. The molecule has 2 aromatic rings. The highest BCUT2D eigenvalue weighted by molar-refractivity contribution is 6.39. The summed E-state index contributed by atoms with van der Waals surface area (Å²) < 4.78 is 5.71. The van der Waals surface area contributed by atoms with E-state index in [9.17, 15) is 4.79 Å². The van der Waals surface area contributed by atoms with Gasteiger partial charge in [-0.15, -0.1) is 0 Å². The molecule has 1 N–H and O–H groups in total. The summed E-state index contributed by atoms with van der Waals surface area (Å²) in [7, 11) is 0. The summed E-state index contributed by atoms with van der Waals surface area (Å²) in [5.41, 5.74) is 0.917. The van der Waals surface area contributed by atoms with Crippen molar-refractivity contribution in [3.8, 4) is 0 Å². The molecule has 0 unspecified atom stereocenters. The largest absolute Gasteiger partial charge is 0.444 e. The summed E-state index contributed by atoms with van der Waals surface area (Å²) in [6.45, 7) is 7.84. The molecular formula is C16H18Cl2N2O2. The number of carbonyl (C=O) groups is 1. The Kier molecular flexibility index (Phi) is 4.83.